The van der Waals surface area contributed by atoms with Gasteiger partial charge in [-0.05, 0) is 65.3 Å². The molecule has 35 heavy (non-hydrogen) atoms. The molecule has 0 aromatic heterocycles. The first-order valence-corrected chi connectivity index (χ1v) is 13.4. The molecule has 0 spiro atoms. The Hall–Kier alpha value is -3.15. The summed E-state index contributed by atoms with van der Waals surface area (Å²) < 4.78 is 0. The minimum atomic E-state index is 0.453. The number of fused-ring (bicyclic) bond motifs is 2. The average molecular weight is 478 g/mol. The SMILES string of the molecule is C#CCCN1C(=C/C=C)/C(=C\C)Sc2ccc(CC(c3cccc4ccccc34)C(C)CC)cc21. The van der Waals surface area contributed by atoms with E-state index in [1.807, 2.05) is 17.8 Å². The van der Waals surface area contributed by atoms with Crippen molar-refractivity contribution in [3.05, 3.63) is 107 Å². The highest BCUT2D eigenvalue weighted by Gasteiger charge is 2.27. The van der Waals surface area contributed by atoms with Gasteiger partial charge in [0.2, 0.25) is 0 Å². The summed E-state index contributed by atoms with van der Waals surface area (Å²) in [6.07, 6.45) is 14.7. The zero-order valence-electron chi connectivity index (χ0n) is 21.1. The Kier molecular flexibility index (Phi) is 8.21. The van der Waals surface area contributed by atoms with E-state index < -0.39 is 0 Å². The number of thioether (sulfide) groups is 1. The fourth-order valence-corrected chi connectivity index (χ4v) is 6.11. The van der Waals surface area contributed by atoms with E-state index in [9.17, 15) is 0 Å². The number of hydrogen-bond acceptors (Lipinski definition) is 2. The summed E-state index contributed by atoms with van der Waals surface area (Å²) in [4.78, 5) is 4.91. The molecular weight excluding hydrogens is 442 g/mol. The van der Waals surface area contributed by atoms with Crippen LogP contribution in [0.15, 0.2) is 101 Å². The molecule has 3 aromatic carbocycles. The van der Waals surface area contributed by atoms with Crippen molar-refractivity contribution in [1.82, 2.24) is 0 Å². The van der Waals surface area contributed by atoms with E-state index in [-0.39, 0.29) is 0 Å². The van der Waals surface area contributed by atoms with Gasteiger partial charge in [-0.25, -0.2) is 0 Å². The average Bonchev–Trinajstić information content (AvgIpc) is 2.90. The molecule has 0 radical (unpaired) electrons. The van der Waals surface area contributed by atoms with Gasteiger partial charge in [-0.3, -0.25) is 0 Å². The van der Waals surface area contributed by atoms with Gasteiger partial charge in [-0.1, -0.05) is 99.3 Å². The molecule has 1 aliphatic rings. The van der Waals surface area contributed by atoms with Crippen LogP contribution in [0.3, 0.4) is 0 Å². The molecule has 4 rings (SSSR count). The topological polar surface area (TPSA) is 3.24 Å². The molecule has 0 aliphatic carbocycles. The van der Waals surface area contributed by atoms with Crippen molar-refractivity contribution in [1.29, 1.82) is 0 Å². The summed E-state index contributed by atoms with van der Waals surface area (Å²) in [5.74, 6) is 3.86. The molecule has 1 nitrogen and oxygen atoms in total. The second kappa shape index (κ2) is 11.5. The molecule has 178 valence electrons. The monoisotopic (exact) mass is 477 g/mol. The molecule has 2 atom stereocenters. The van der Waals surface area contributed by atoms with E-state index >= 15 is 0 Å². The van der Waals surface area contributed by atoms with Gasteiger partial charge in [0.15, 0.2) is 0 Å². The van der Waals surface area contributed by atoms with E-state index in [0.717, 1.165) is 19.4 Å². The van der Waals surface area contributed by atoms with Crippen LogP contribution in [0.1, 0.15) is 50.7 Å². The second-order valence-electron chi connectivity index (χ2n) is 9.21. The molecule has 1 heterocycles. The lowest BCUT2D eigenvalue weighted by Gasteiger charge is -2.35. The normalized spacial score (nSPS) is 17.3. The summed E-state index contributed by atoms with van der Waals surface area (Å²) in [7, 11) is 0. The summed E-state index contributed by atoms with van der Waals surface area (Å²) in [5.41, 5.74) is 5.26. The van der Waals surface area contributed by atoms with E-state index in [0.29, 0.717) is 18.3 Å². The van der Waals surface area contributed by atoms with Crippen LogP contribution < -0.4 is 4.90 Å². The van der Waals surface area contributed by atoms with Crippen molar-refractivity contribution in [2.75, 3.05) is 11.4 Å². The van der Waals surface area contributed by atoms with Crippen LogP contribution in [-0.2, 0) is 6.42 Å². The maximum absolute atomic E-state index is 5.67. The molecular formula is C33H35NS. The Balaban J connectivity index is 1.77. The van der Waals surface area contributed by atoms with Gasteiger partial charge in [-0.15, -0.1) is 12.3 Å². The zero-order chi connectivity index (χ0) is 24.8. The highest BCUT2D eigenvalue weighted by atomic mass is 32.2. The van der Waals surface area contributed by atoms with Gasteiger partial charge >= 0.3 is 0 Å². The van der Waals surface area contributed by atoms with Gasteiger partial charge in [0.05, 0.1) is 11.4 Å². The lowest BCUT2D eigenvalue weighted by molar-refractivity contribution is 0.445. The maximum Gasteiger partial charge on any atom is 0.0555 e. The maximum atomic E-state index is 5.67. The molecule has 0 fully saturated rings. The molecule has 0 saturated heterocycles. The Labute approximate surface area is 215 Å². The molecule has 0 saturated carbocycles. The van der Waals surface area contributed by atoms with E-state index in [2.05, 4.69) is 111 Å². The number of allylic oxidation sites excluding steroid dienone is 3. The van der Waals surface area contributed by atoms with Crippen molar-refractivity contribution in [3.8, 4) is 12.3 Å². The van der Waals surface area contributed by atoms with Crippen LogP contribution >= 0.6 is 11.8 Å². The van der Waals surface area contributed by atoms with Crippen molar-refractivity contribution in [2.24, 2.45) is 5.92 Å². The Morgan fingerprint density at radius 1 is 1.11 bits per heavy atom. The predicted molar refractivity (Wildman–Crippen MR) is 155 cm³/mol. The fraction of sp³-hybridized carbons (Fsp3) is 0.273. The third-order valence-electron chi connectivity index (χ3n) is 7.10. The fourth-order valence-electron chi connectivity index (χ4n) is 5.06. The first kappa shape index (κ1) is 25.0. The number of nitrogens with zero attached hydrogens (tertiary/aromatic N) is 1. The number of rotatable bonds is 8. The minimum Gasteiger partial charge on any atom is -0.339 e. The number of anilines is 1. The zero-order valence-corrected chi connectivity index (χ0v) is 21.9. The van der Waals surface area contributed by atoms with E-state index in [1.165, 1.54) is 43.1 Å². The lowest BCUT2D eigenvalue weighted by Crippen LogP contribution is -2.27. The summed E-state index contributed by atoms with van der Waals surface area (Å²) in [6, 6.07) is 22.5. The third-order valence-corrected chi connectivity index (χ3v) is 8.33. The first-order valence-electron chi connectivity index (χ1n) is 12.6. The standard InChI is InChI=1S/C33H35NS/c1-6-10-21-34-30(14-7-2)32(9-4)35-33-20-19-25(23-31(33)34)22-29(24(5)8-3)28-18-13-16-26-15-11-12-17-27(26)28/h1,7,9,11-20,23-24,29H,2,8,10,21-22H2,3-5H3/b30-14+,32-9+. The minimum absolute atomic E-state index is 0.453. The molecule has 0 N–H and O–H groups in total. The number of terminal acetylenes is 1. The van der Waals surface area contributed by atoms with Crippen LogP contribution in [-0.4, -0.2) is 6.54 Å². The van der Waals surface area contributed by atoms with Crippen LogP contribution in [0.2, 0.25) is 0 Å². The van der Waals surface area contributed by atoms with Crippen LogP contribution in [0, 0.1) is 18.3 Å². The lowest BCUT2D eigenvalue weighted by atomic mass is 9.79. The number of benzene rings is 3. The second-order valence-corrected chi connectivity index (χ2v) is 10.3. The first-order chi connectivity index (χ1) is 17.1. The Bertz CT molecular complexity index is 1300. The number of hydrogen-bond donors (Lipinski definition) is 0. The van der Waals surface area contributed by atoms with Gasteiger partial charge in [0.1, 0.15) is 0 Å². The van der Waals surface area contributed by atoms with E-state index in [4.69, 9.17) is 6.42 Å². The quantitative estimate of drug-likeness (QED) is 0.298. The molecule has 0 bridgehead atoms. The summed E-state index contributed by atoms with van der Waals surface area (Å²) in [6.45, 7) is 11.5. The highest BCUT2D eigenvalue weighted by Crippen LogP contribution is 2.47. The van der Waals surface area contributed by atoms with Gasteiger partial charge in [0, 0.05) is 22.8 Å². The van der Waals surface area contributed by atoms with Crippen LogP contribution in [0.5, 0.6) is 0 Å². The van der Waals surface area contributed by atoms with Crippen molar-refractivity contribution < 1.29 is 0 Å². The summed E-state index contributed by atoms with van der Waals surface area (Å²) in [5, 5.41) is 2.69. The summed E-state index contributed by atoms with van der Waals surface area (Å²) >= 11 is 1.83. The third kappa shape index (κ3) is 5.26. The molecule has 2 heteroatoms. The largest absolute Gasteiger partial charge is 0.339 e. The molecule has 0 amide bonds. The smallest absolute Gasteiger partial charge is 0.0555 e. The van der Waals surface area contributed by atoms with Crippen molar-refractivity contribution in [3.63, 3.8) is 0 Å². The van der Waals surface area contributed by atoms with Crippen molar-refractivity contribution >= 4 is 28.2 Å². The van der Waals surface area contributed by atoms with Gasteiger partial charge in [0.25, 0.3) is 0 Å². The van der Waals surface area contributed by atoms with Gasteiger partial charge < -0.3 is 4.90 Å². The molecule has 3 aromatic rings. The predicted octanol–water partition coefficient (Wildman–Crippen LogP) is 9.12. The van der Waals surface area contributed by atoms with Crippen LogP contribution in [0.25, 0.3) is 10.8 Å². The highest BCUT2D eigenvalue weighted by molar-refractivity contribution is 8.03. The van der Waals surface area contributed by atoms with Crippen LogP contribution in [0.4, 0.5) is 5.69 Å². The Morgan fingerprint density at radius 2 is 1.91 bits per heavy atom. The van der Waals surface area contributed by atoms with Crippen molar-refractivity contribution in [2.45, 2.75) is 50.8 Å². The van der Waals surface area contributed by atoms with Gasteiger partial charge in [-0.2, -0.15) is 0 Å². The van der Waals surface area contributed by atoms with E-state index in [1.54, 1.807) is 0 Å². The molecule has 1 aliphatic heterocycles. The molecule has 2 unspecified atom stereocenters. The Morgan fingerprint density at radius 3 is 2.66 bits per heavy atom.